The van der Waals surface area contributed by atoms with E-state index in [0.717, 1.165) is 49.0 Å². The van der Waals surface area contributed by atoms with Crippen LogP contribution in [-0.4, -0.2) is 38.6 Å². The van der Waals surface area contributed by atoms with Crippen molar-refractivity contribution in [3.8, 4) is 0 Å². The van der Waals surface area contributed by atoms with E-state index in [-0.39, 0.29) is 5.91 Å². The Morgan fingerprint density at radius 2 is 1.92 bits per heavy atom. The van der Waals surface area contributed by atoms with Crippen molar-refractivity contribution >= 4 is 28.9 Å². The van der Waals surface area contributed by atoms with Crippen LogP contribution in [0.4, 0.5) is 11.4 Å². The molecule has 0 aliphatic carbocycles. The van der Waals surface area contributed by atoms with Crippen molar-refractivity contribution in [1.82, 2.24) is 0 Å². The van der Waals surface area contributed by atoms with E-state index in [1.54, 1.807) is 0 Å². The molecule has 1 aliphatic rings. The van der Waals surface area contributed by atoms with Gasteiger partial charge >= 0.3 is 0 Å². The van der Waals surface area contributed by atoms with Crippen molar-refractivity contribution in [2.75, 3.05) is 42.9 Å². The Hall–Kier alpha value is -2.04. The van der Waals surface area contributed by atoms with Crippen molar-refractivity contribution in [3.05, 3.63) is 59.1 Å². The molecule has 3 rings (SSSR count). The number of carbonyl (C=O) groups is 1. The lowest BCUT2D eigenvalue weighted by atomic mass is 10.1. The van der Waals surface area contributed by atoms with Gasteiger partial charge in [0.1, 0.15) is 0 Å². The summed E-state index contributed by atoms with van der Waals surface area (Å²) in [7, 11) is 0. The quantitative estimate of drug-likeness (QED) is 0.860. The highest BCUT2D eigenvalue weighted by Gasteiger charge is 2.22. The molecule has 1 fully saturated rings. The average Bonchev–Trinajstić information content (AvgIpc) is 2.62. The van der Waals surface area contributed by atoms with Gasteiger partial charge in [0.15, 0.2) is 6.54 Å². The van der Waals surface area contributed by atoms with Gasteiger partial charge in [-0.05, 0) is 42.3 Å². The van der Waals surface area contributed by atoms with Crippen LogP contribution >= 0.6 is 11.6 Å². The molecule has 4 nitrogen and oxygen atoms in total. The lowest BCUT2D eigenvalue weighted by molar-refractivity contribution is -0.892. The minimum atomic E-state index is 0.0828. The molecule has 1 heterocycles. The second-order valence-corrected chi connectivity index (χ2v) is 6.93. The fraction of sp³-hybridized carbons (Fsp3) is 0.350. The van der Waals surface area contributed by atoms with Gasteiger partial charge in [0, 0.05) is 16.4 Å². The summed E-state index contributed by atoms with van der Waals surface area (Å²) in [6.45, 7) is 6.41. The highest BCUT2D eigenvalue weighted by atomic mass is 35.5. The average molecular weight is 359 g/mol. The molecule has 0 aromatic heterocycles. The molecule has 0 spiro atoms. The van der Waals surface area contributed by atoms with Crippen LogP contribution in [0.2, 0.25) is 5.02 Å². The minimum absolute atomic E-state index is 0.0828. The zero-order valence-electron chi connectivity index (χ0n) is 14.6. The molecule has 0 radical (unpaired) electrons. The summed E-state index contributed by atoms with van der Waals surface area (Å²) in [5.74, 6) is 0.0828. The third-order valence-corrected chi connectivity index (χ3v) is 4.91. The number of hydrogen-bond donors (Lipinski definition) is 2. The number of aryl methyl sites for hydroxylation is 1. The standard InChI is InChI=1S/C20H24ClN3O/c1-2-16-5-3-7-18(13-16)22-20(25)15-23-9-11-24(12-10-23)19-8-4-6-17(21)14-19/h3-8,13-14H,2,9-12,15H2,1H3,(H,22,25)/p+1. The maximum absolute atomic E-state index is 12.3. The van der Waals surface area contributed by atoms with E-state index in [2.05, 4.69) is 29.3 Å². The molecule has 0 saturated carbocycles. The molecule has 1 aliphatic heterocycles. The normalized spacial score (nSPS) is 15.2. The fourth-order valence-corrected chi connectivity index (χ4v) is 3.42. The lowest BCUT2D eigenvalue weighted by Gasteiger charge is -2.33. The summed E-state index contributed by atoms with van der Waals surface area (Å²) in [6.07, 6.45) is 0.973. The summed E-state index contributed by atoms with van der Waals surface area (Å²) < 4.78 is 0. The molecular formula is C20H25ClN3O+. The van der Waals surface area contributed by atoms with Crippen LogP contribution in [-0.2, 0) is 11.2 Å². The smallest absolute Gasteiger partial charge is 0.279 e. The van der Waals surface area contributed by atoms with Crippen molar-refractivity contribution in [2.24, 2.45) is 0 Å². The number of rotatable bonds is 5. The van der Waals surface area contributed by atoms with E-state index in [4.69, 9.17) is 11.6 Å². The molecule has 0 atom stereocenters. The first-order chi connectivity index (χ1) is 12.1. The predicted molar refractivity (Wildman–Crippen MR) is 104 cm³/mol. The van der Waals surface area contributed by atoms with Crippen LogP contribution in [0.1, 0.15) is 12.5 Å². The maximum Gasteiger partial charge on any atom is 0.279 e. The zero-order valence-corrected chi connectivity index (χ0v) is 15.4. The Morgan fingerprint density at radius 1 is 1.16 bits per heavy atom. The molecule has 1 amide bonds. The molecular weight excluding hydrogens is 334 g/mol. The summed E-state index contributed by atoms with van der Waals surface area (Å²) in [6, 6.07) is 16.0. The van der Waals surface area contributed by atoms with E-state index in [0.29, 0.717) is 6.54 Å². The summed E-state index contributed by atoms with van der Waals surface area (Å²) in [5.41, 5.74) is 3.29. The number of carbonyl (C=O) groups excluding carboxylic acids is 1. The Balaban J connectivity index is 1.49. The van der Waals surface area contributed by atoms with Crippen LogP contribution in [0.3, 0.4) is 0 Å². The van der Waals surface area contributed by atoms with Crippen molar-refractivity contribution in [2.45, 2.75) is 13.3 Å². The SMILES string of the molecule is CCc1cccc(NC(=O)C[NH+]2CCN(c3cccc(Cl)c3)CC2)c1. The number of piperazine rings is 1. The Bertz CT molecular complexity index is 726. The van der Waals surface area contributed by atoms with Gasteiger partial charge in [0.05, 0.1) is 26.2 Å². The monoisotopic (exact) mass is 358 g/mol. The Labute approximate surface area is 154 Å². The Kier molecular flexibility index (Phi) is 5.95. The van der Waals surface area contributed by atoms with Gasteiger partial charge in [0.25, 0.3) is 5.91 Å². The lowest BCUT2D eigenvalue weighted by Crippen LogP contribution is -3.15. The van der Waals surface area contributed by atoms with Gasteiger partial charge in [-0.3, -0.25) is 4.79 Å². The van der Waals surface area contributed by atoms with Gasteiger partial charge in [-0.15, -0.1) is 0 Å². The Morgan fingerprint density at radius 3 is 2.64 bits per heavy atom. The number of halogens is 1. The summed E-state index contributed by atoms with van der Waals surface area (Å²) in [4.78, 5) is 16.0. The van der Waals surface area contributed by atoms with Crippen LogP contribution in [0.15, 0.2) is 48.5 Å². The number of benzene rings is 2. The zero-order chi connectivity index (χ0) is 17.6. The minimum Gasteiger partial charge on any atom is -0.360 e. The van der Waals surface area contributed by atoms with Gasteiger partial charge in [-0.25, -0.2) is 0 Å². The van der Waals surface area contributed by atoms with E-state index >= 15 is 0 Å². The molecule has 2 N–H and O–H groups in total. The molecule has 2 aromatic rings. The second-order valence-electron chi connectivity index (χ2n) is 6.50. The highest BCUT2D eigenvalue weighted by Crippen LogP contribution is 2.19. The summed E-state index contributed by atoms with van der Waals surface area (Å²) >= 11 is 6.08. The maximum atomic E-state index is 12.3. The molecule has 25 heavy (non-hydrogen) atoms. The number of nitrogens with zero attached hydrogens (tertiary/aromatic N) is 1. The first kappa shape index (κ1) is 17.8. The van der Waals surface area contributed by atoms with Gasteiger partial charge in [-0.1, -0.05) is 36.7 Å². The third-order valence-electron chi connectivity index (χ3n) is 4.67. The van der Waals surface area contributed by atoms with E-state index in [9.17, 15) is 4.79 Å². The number of amides is 1. The number of hydrogen-bond acceptors (Lipinski definition) is 2. The van der Waals surface area contributed by atoms with E-state index < -0.39 is 0 Å². The first-order valence-electron chi connectivity index (χ1n) is 8.87. The van der Waals surface area contributed by atoms with Crippen LogP contribution in [0, 0.1) is 0 Å². The molecule has 0 unspecified atom stereocenters. The van der Waals surface area contributed by atoms with Gasteiger partial charge in [0.2, 0.25) is 0 Å². The number of nitrogens with one attached hydrogen (secondary N) is 2. The largest absolute Gasteiger partial charge is 0.360 e. The topological polar surface area (TPSA) is 36.8 Å². The highest BCUT2D eigenvalue weighted by molar-refractivity contribution is 6.30. The van der Waals surface area contributed by atoms with Crippen LogP contribution in [0.5, 0.6) is 0 Å². The van der Waals surface area contributed by atoms with Crippen LogP contribution in [0.25, 0.3) is 0 Å². The molecule has 132 valence electrons. The van der Waals surface area contributed by atoms with E-state index in [1.807, 2.05) is 36.4 Å². The van der Waals surface area contributed by atoms with Crippen molar-refractivity contribution in [3.63, 3.8) is 0 Å². The van der Waals surface area contributed by atoms with Crippen molar-refractivity contribution in [1.29, 1.82) is 0 Å². The molecule has 2 aromatic carbocycles. The first-order valence-corrected chi connectivity index (χ1v) is 9.24. The van der Waals surface area contributed by atoms with Crippen molar-refractivity contribution < 1.29 is 9.69 Å². The number of quaternary nitrogens is 1. The molecule has 0 bridgehead atoms. The fourth-order valence-electron chi connectivity index (χ4n) is 3.23. The van der Waals surface area contributed by atoms with E-state index in [1.165, 1.54) is 10.5 Å². The predicted octanol–water partition coefficient (Wildman–Crippen LogP) is 2.25. The second kappa shape index (κ2) is 8.37. The third kappa shape index (κ3) is 4.97. The van der Waals surface area contributed by atoms with Crippen LogP contribution < -0.4 is 15.1 Å². The molecule has 1 saturated heterocycles. The van der Waals surface area contributed by atoms with Gasteiger partial charge < -0.3 is 15.1 Å². The molecule has 5 heteroatoms. The van der Waals surface area contributed by atoms with Gasteiger partial charge in [-0.2, -0.15) is 0 Å². The number of anilines is 2. The summed E-state index contributed by atoms with van der Waals surface area (Å²) in [5, 5.41) is 3.79.